The van der Waals surface area contributed by atoms with Gasteiger partial charge in [-0.1, -0.05) is 37.1 Å². The third kappa shape index (κ3) is 4.71. The molecular weight excluding hydrogens is 352 g/mol. The quantitative estimate of drug-likeness (QED) is 0.723. The number of nitrogens with zero attached hydrogens (tertiary/aromatic N) is 1. The number of unbranched alkanes of at least 4 members (excludes halogenated alkanes) is 1. The molecule has 1 aliphatic rings. The van der Waals surface area contributed by atoms with E-state index in [-0.39, 0.29) is 5.91 Å². The Kier molecular flexibility index (Phi) is 6.27. The highest BCUT2D eigenvalue weighted by Gasteiger charge is 2.19. The molecule has 0 atom stereocenters. The average Bonchev–Trinajstić information content (AvgIpc) is 2.63. The number of hydrogen-bond donors (Lipinski definition) is 1. The van der Waals surface area contributed by atoms with Gasteiger partial charge in [0.2, 0.25) is 0 Å². The van der Waals surface area contributed by atoms with Crippen molar-refractivity contribution in [3.8, 4) is 0 Å². The normalized spacial score (nSPS) is 13.4. The van der Waals surface area contributed by atoms with Gasteiger partial charge in [-0.3, -0.25) is 4.79 Å². The molecule has 1 aliphatic heterocycles. The van der Waals surface area contributed by atoms with E-state index in [1.807, 2.05) is 36.0 Å². The van der Waals surface area contributed by atoms with Gasteiger partial charge in [-0.25, -0.2) is 0 Å². The van der Waals surface area contributed by atoms with Crippen LogP contribution in [-0.4, -0.2) is 24.7 Å². The highest BCUT2D eigenvalue weighted by molar-refractivity contribution is 7.99. The van der Waals surface area contributed by atoms with E-state index in [1.165, 1.54) is 10.5 Å². The van der Waals surface area contributed by atoms with Crippen molar-refractivity contribution in [3.63, 3.8) is 0 Å². The molecule has 0 unspecified atom stereocenters. The lowest BCUT2D eigenvalue weighted by atomic mass is 10.1. The SMILES string of the molecule is CCCCNC(=O)c1ccc2c(c1)N(Cc1ccc(Cl)cc1)CCS2. The molecule has 132 valence electrons. The van der Waals surface area contributed by atoms with Crippen molar-refractivity contribution in [1.29, 1.82) is 0 Å². The summed E-state index contributed by atoms with van der Waals surface area (Å²) in [4.78, 5) is 15.9. The van der Waals surface area contributed by atoms with Gasteiger partial charge in [0.15, 0.2) is 0 Å². The Labute approximate surface area is 158 Å². The fourth-order valence-electron chi connectivity index (χ4n) is 2.87. The molecule has 0 fully saturated rings. The zero-order valence-corrected chi connectivity index (χ0v) is 16.0. The molecule has 0 radical (unpaired) electrons. The van der Waals surface area contributed by atoms with E-state index in [2.05, 4.69) is 35.3 Å². The Morgan fingerprint density at radius 2 is 2.04 bits per heavy atom. The minimum Gasteiger partial charge on any atom is -0.365 e. The van der Waals surface area contributed by atoms with Crippen molar-refractivity contribution in [2.45, 2.75) is 31.2 Å². The molecule has 0 spiro atoms. The number of fused-ring (bicyclic) bond motifs is 1. The van der Waals surface area contributed by atoms with Gasteiger partial charge in [-0.15, -0.1) is 11.8 Å². The summed E-state index contributed by atoms with van der Waals surface area (Å²) in [5.74, 6) is 1.07. The second-order valence-electron chi connectivity index (χ2n) is 6.19. The molecule has 0 bridgehead atoms. The Morgan fingerprint density at radius 3 is 2.80 bits per heavy atom. The minimum atomic E-state index is 0.0123. The van der Waals surface area contributed by atoms with E-state index in [0.29, 0.717) is 0 Å². The molecule has 1 heterocycles. The number of carbonyl (C=O) groups is 1. The summed E-state index contributed by atoms with van der Waals surface area (Å²) >= 11 is 7.83. The van der Waals surface area contributed by atoms with Crippen LogP contribution in [-0.2, 0) is 6.54 Å². The van der Waals surface area contributed by atoms with Crippen molar-refractivity contribution < 1.29 is 4.79 Å². The standard InChI is InChI=1S/C20H23ClN2OS/c1-2-3-10-22-20(24)16-6-9-19-18(13-16)23(11-12-25-19)14-15-4-7-17(21)8-5-15/h4-9,13H,2-3,10-12,14H2,1H3,(H,22,24). The van der Waals surface area contributed by atoms with Crippen LogP contribution in [0.5, 0.6) is 0 Å². The van der Waals surface area contributed by atoms with Crippen LogP contribution in [0.4, 0.5) is 5.69 Å². The average molecular weight is 375 g/mol. The minimum absolute atomic E-state index is 0.0123. The zero-order chi connectivity index (χ0) is 17.6. The first-order valence-corrected chi connectivity index (χ1v) is 10.1. The summed E-state index contributed by atoms with van der Waals surface area (Å²) in [5.41, 5.74) is 3.10. The van der Waals surface area contributed by atoms with E-state index in [4.69, 9.17) is 11.6 Å². The highest BCUT2D eigenvalue weighted by Crippen LogP contribution is 2.36. The maximum Gasteiger partial charge on any atom is 0.251 e. The number of amides is 1. The number of carbonyl (C=O) groups excluding carboxylic acids is 1. The van der Waals surface area contributed by atoms with E-state index < -0.39 is 0 Å². The number of halogens is 1. The van der Waals surface area contributed by atoms with Crippen molar-refractivity contribution in [1.82, 2.24) is 5.32 Å². The summed E-state index contributed by atoms with van der Waals surface area (Å²) in [6.45, 7) is 4.65. The number of thioether (sulfide) groups is 1. The van der Waals surface area contributed by atoms with Crippen LogP contribution in [0.2, 0.25) is 5.02 Å². The number of hydrogen-bond acceptors (Lipinski definition) is 3. The summed E-state index contributed by atoms with van der Waals surface area (Å²) < 4.78 is 0. The van der Waals surface area contributed by atoms with Crippen molar-refractivity contribution in [3.05, 3.63) is 58.6 Å². The van der Waals surface area contributed by atoms with Gasteiger partial charge in [-0.2, -0.15) is 0 Å². The molecule has 3 rings (SSSR count). The van der Waals surface area contributed by atoms with Gasteiger partial charge in [-0.05, 0) is 42.3 Å². The van der Waals surface area contributed by atoms with Crippen molar-refractivity contribution >= 4 is 35.0 Å². The maximum absolute atomic E-state index is 12.4. The first-order valence-electron chi connectivity index (χ1n) is 8.72. The van der Waals surface area contributed by atoms with Gasteiger partial charge in [0, 0.05) is 40.9 Å². The highest BCUT2D eigenvalue weighted by atomic mass is 35.5. The molecule has 1 amide bonds. The van der Waals surface area contributed by atoms with Crippen LogP contribution in [0.1, 0.15) is 35.7 Å². The zero-order valence-electron chi connectivity index (χ0n) is 14.4. The van der Waals surface area contributed by atoms with E-state index in [9.17, 15) is 4.79 Å². The molecule has 5 heteroatoms. The number of nitrogens with one attached hydrogen (secondary N) is 1. The van der Waals surface area contributed by atoms with Gasteiger partial charge < -0.3 is 10.2 Å². The van der Waals surface area contributed by atoms with Crippen LogP contribution in [0, 0.1) is 0 Å². The molecule has 2 aromatic carbocycles. The van der Waals surface area contributed by atoms with Crippen LogP contribution < -0.4 is 10.2 Å². The lowest BCUT2D eigenvalue weighted by Gasteiger charge is -2.31. The first-order chi connectivity index (χ1) is 12.2. The van der Waals surface area contributed by atoms with Crippen molar-refractivity contribution in [2.24, 2.45) is 0 Å². The van der Waals surface area contributed by atoms with Gasteiger partial charge in [0.05, 0.1) is 5.69 Å². The number of benzene rings is 2. The van der Waals surface area contributed by atoms with Crippen molar-refractivity contribution in [2.75, 3.05) is 23.7 Å². The largest absolute Gasteiger partial charge is 0.365 e. The van der Waals surface area contributed by atoms with E-state index in [1.54, 1.807) is 0 Å². The third-order valence-electron chi connectivity index (χ3n) is 4.28. The summed E-state index contributed by atoms with van der Waals surface area (Å²) in [7, 11) is 0. The smallest absolute Gasteiger partial charge is 0.251 e. The fourth-order valence-corrected chi connectivity index (χ4v) is 4.03. The predicted octanol–water partition coefficient (Wildman–Crippen LogP) is 4.98. The molecule has 0 saturated heterocycles. The first kappa shape index (κ1) is 18.2. The lowest BCUT2D eigenvalue weighted by molar-refractivity contribution is 0.0953. The van der Waals surface area contributed by atoms with Crippen LogP contribution in [0.15, 0.2) is 47.4 Å². The van der Waals surface area contributed by atoms with Gasteiger partial charge in [0.25, 0.3) is 5.91 Å². The molecular formula is C20H23ClN2OS. The second kappa shape index (κ2) is 8.63. The van der Waals surface area contributed by atoms with Gasteiger partial charge >= 0.3 is 0 Å². The van der Waals surface area contributed by atoms with E-state index in [0.717, 1.165) is 54.5 Å². The second-order valence-corrected chi connectivity index (χ2v) is 7.76. The maximum atomic E-state index is 12.4. The third-order valence-corrected chi connectivity index (χ3v) is 5.58. The topological polar surface area (TPSA) is 32.3 Å². The summed E-state index contributed by atoms with van der Waals surface area (Å²) in [6, 6.07) is 14.0. The molecule has 25 heavy (non-hydrogen) atoms. The summed E-state index contributed by atoms with van der Waals surface area (Å²) in [6.07, 6.45) is 2.09. The van der Waals surface area contributed by atoms with Crippen LogP contribution in [0.3, 0.4) is 0 Å². The van der Waals surface area contributed by atoms with E-state index >= 15 is 0 Å². The molecule has 1 N–H and O–H groups in total. The molecule has 0 saturated carbocycles. The Hall–Kier alpha value is -1.65. The fraction of sp³-hybridized carbons (Fsp3) is 0.350. The Balaban J connectivity index is 1.77. The lowest BCUT2D eigenvalue weighted by Crippen LogP contribution is -2.29. The Morgan fingerprint density at radius 1 is 1.24 bits per heavy atom. The summed E-state index contributed by atoms with van der Waals surface area (Å²) in [5, 5.41) is 3.75. The molecule has 3 nitrogen and oxygen atoms in total. The van der Waals surface area contributed by atoms with Crippen LogP contribution in [0.25, 0.3) is 0 Å². The number of rotatable bonds is 6. The monoisotopic (exact) mass is 374 g/mol. The Bertz CT molecular complexity index is 733. The molecule has 0 aliphatic carbocycles. The molecule has 2 aromatic rings. The predicted molar refractivity (Wildman–Crippen MR) is 107 cm³/mol. The van der Waals surface area contributed by atoms with Crippen LogP contribution >= 0.6 is 23.4 Å². The number of anilines is 1. The molecule has 0 aromatic heterocycles. The van der Waals surface area contributed by atoms with Gasteiger partial charge in [0.1, 0.15) is 0 Å².